The van der Waals surface area contributed by atoms with Crippen molar-refractivity contribution in [2.45, 2.75) is 0 Å². The van der Waals surface area contributed by atoms with E-state index < -0.39 is 0 Å². The minimum atomic E-state index is -0.384. The average Bonchev–Trinajstić information content (AvgIpc) is 2.62. The molecule has 1 fully saturated rings. The Hall–Kier alpha value is -2.88. The molecule has 0 spiro atoms. The number of aromatic nitrogens is 2. The number of piperazine rings is 1. The van der Waals surface area contributed by atoms with E-state index in [0.29, 0.717) is 5.56 Å². The molecule has 1 aromatic heterocycles. The fourth-order valence-corrected chi connectivity index (χ4v) is 2.78. The third kappa shape index (κ3) is 3.23. The van der Waals surface area contributed by atoms with Crippen molar-refractivity contribution < 1.29 is 4.39 Å². The normalized spacial score (nSPS) is 14.4. The lowest BCUT2D eigenvalue weighted by Gasteiger charge is -2.36. The first-order chi connectivity index (χ1) is 11.6. The summed E-state index contributed by atoms with van der Waals surface area (Å²) >= 11 is 0. The van der Waals surface area contributed by atoms with E-state index in [1.54, 1.807) is 6.07 Å². The van der Waals surface area contributed by atoms with Gasteiger partial charge in [0.15, 0.2) is 11.6 Å². The molecule has 3 rings (SSSR count). The van der Waals surface area contributed by atoms with Gasteiger partial charge in [-0.25, -0.2) is 4.39 Å². The zero-order valence-electron chi connectivity index (χ0n) is 13.8. The Morgan fingerprint density at radius 2 is 1.75 bits per heavy atom. The molecule has 0 N–H and O–H groups in total. The molecule has 24 heavy (non-hydrogen) atoms. The molecule has 0 saturated carbocycles. The quantitative estimate of drug-likeness (QED) is 0.858. The van der Waals surface area contributed by atoms with Crippen molar-refractivity contribution in [3.63, 3.8) is 0 Å². The summed E-state index contributed by atoms with van der Waals surface area (Å²) in [6.45, 7) is 3.05. The predicted octanol–water partition coefficient (Wildman–Crippen LogP) is 1.88. The van der Waals surface area contributed by atoms with Crippen LogP contribution in [-0.4, -0.2) is 50.5 Å². The second-order valence-corrected chi connectivity index (χ2v) is 5.89. The molecule has 0 unspecified atom stereocenters. The average molecular weight is 326 g/mol. The highest BCUT2D eigenvalue weighted by atomic mass is 19.1. The van der Waals surface area contributed by atoms with Gasteiger partial charge in [0.05, 0.1) is 11.3 Å². The first-order valence-electron chi connectivity index (χ1n) is 7.79. The van der Waals surface area contributed by atoms with E-state index in [1.165, 1.54) is 12.1 Å². The van der Waals surface area contributed by atoms with Crippen molar-refractivity contribution >= 4 is 17.3 Å². The number of nitrogens with zero attached hydrogens (tertiary/aromatic N) is 6. The fraction of sp³-hybridized carbons (Fsp3) is 0.353. The Bertz CT molecular complexity index is 745. The van der Waals surface area contributed by atoms with Gasteiger partial charge >= 0.3 is 0 Å². The standard InChI is InChI=1S/C17H19FN6/c1-22(2)16-5-6-17(21-20-16)24-9-7-23(8-10-24)15-4-3-14(18)11-13(15)12-19/h3-6,11H,7-10H2,1-2H3. The van der Waals surface area contributed by atoms with Crippen LogP contribution in [0.3, 0.4) is 0 Å². The van der Waals surface area contributed by atoms with Gasteiger partial charge in [-0.05, 0) is 30.3 Å². The van der Waals surface area contributed by atoms with E-state index in [9.17, 15) is 9.65 Å². The number of nitriles is 1. The molecule has 0 bridgehead atoms. The van der Waals surface area contributed by atoms with Crippen molar-refractivity contribution in [3.8, 4) is 6.07 Å². The molecule has 7 heteroatoms. The van der Waals surface area contributed by atoms with Crippen LogP contribution in [0.2, 0.25) is 0 Å². The van der Waals surface area contributed by atoms with E-state index >= 15 is 0 Å². The SMILES string of the molecule is CN(C)c1ccc(N2CCN(c3ccc(F)cc3C#N)CC2)nn1. The van der Waals surface area contributed by atoms with Gasteiger partial charge in [-0.3, -0.25) is 0 Å². The summed E-state index contributed by atoms with van der Waals surface area (Å²) in [6, 6.07) is 10.3. The Kier molecular flexibility index (Phi) is 4.47. The number of hydrogen-bond acceptors (Lipinski definition) is 6. The number of rotatable bonds is 3. The molecule has 6 nitrogen and oxygen atoms in total. The van der Waals surface area contributed by atoms with Gasteiger partial charge < -0.3 is 14.7 Å². The number of halogens is 1. The summed E-state index contributed by atoms with van der Waals surface area (Å²) in [5, 5.41) is 17.7. The van der Waals surface area contributed by atoms with Gasteiger partial charge in [0, 0.05) is 40.3 Å². The smallest absolute Gasteiger partial charge is 0.151 e. The van der Waals surface area contributed by atoms with Crippen LogP contribution in [0.25, 0.3) is 0 Å². The highest BCUT2D eigenvalue weighted by molar-refractivity contribution is 5.60. The fourth-order valence-electron chi connectivity index (χ4n) is 2.78. The van der Waals surface area contributed by atoms with Crippen molar-refractivity contribution in [3.05, 3.63) is 41.7 Å². The summed E-state index contributed by atoms with van der Waals surface area (Å²) < 4.78 is 13.3. The second-order valence-electron chi connectivity index (χ2n) is 5.89. The molecule has 2 heterocycles. The molecule has 0 aliphatic carbocycles. The maximum Gasteiger partial charge on any atom is 0.151 e. The van der Waals surface area contributed by atoms with Gasteiger partial charge in [-0.2, -0.15) is 5.26 Å². The molecule has 2 aromatic rings. The molecule has 1 saturated heterocycles. The summed E-state index contributed by atoms with van der Waals surface area (Å²) in [7, 11) is 3.86. The summed E-state index contributed by atoms with van der Waals surface area (Å²) in [4.78, 5) is 6.18. The van der Waals surface area contributed by atoms with Crippen LogP contribution in [0.5, 0.6) is 0 Å². The lowest BCUT2D eigenvalue weighted by molar-refractivity contribution is 0.623. The van der Waals surface area contributed by atoms with Crippen LogP contribution in [-0.2, 0) is 0 Å². The second kappa shape index (κ2) is 6.71. The molecular formula is C17H19FN6. The molecule has 1 aliphatic rings. The zero-order chi connectivity index (χ0) is 17.1. The van der Waals surface area contributed by atoms with Crippen LogP contribution in [0, 0.1) is 17.1 Å². The zero-order valence-corrected chi connectivity index (χ0v) is 13.8. The largest absolute Gasteiger partial charge is 0.367 e. The summed E-state index contributed by atoms with van der Waals surface area (Å²) in [5.41, 5.74) is 1.16. The maximum atomic E-state index is 13.3. The Morgan fingerprint density at radius 3 is 2.33 bits per heavy atom. The van der Waals surface area contributed by atoms with Crippen molar-refractivity contribution in [2.24, 2.45) is 0 Å². The summed E-state index contributed by atoms with van der Waals surface area (Å²) in [5.74, 6) is 1.28. The Balaban J connectivity index is 1.69. The molecule has 0 amide bonds. The highest BCUT2D eigenvalue weighted by Gasteiger charge is 2.20. The van der Waals surface area contributed by atoms with Crippen LogP contribution in [0.4, 0.5) is 21.7 Å². The van der Waals surface area contributed by atoms with Gasteiger partial charge in [0.1, 0.15) is 11.9 Å². The van der Waals surface area contributed by atoms with E-state index in [0.717, 1.165) is 43.5 Å². The maximum absolute atomic E-state index is 13.3. The molecule has 0 atom stereocenters. The van der Waals surface area contributed by atoms with Crippen LogP contribution >= 0.6 is 0 Å². The van der Waals surface area contributed by atoms with Crippen LogP contribution in [0.1, 0.15) is 5.56 Å². The Labute approximate surface area is 140 Å². The first-order valence-corrected chi connectivity index (χ1v) is 7.79. The van der Waals surface area contributed by atoms with Gasteiger partial charge in [0.2, 0.25) is 0 Å². The molecule has 1 aromatic carbocycles. The lowest BCUT2D eigenvalue weighted by atomic mass is 10.1. The highest BCUT2D eigenvalue weighted by Crippen LogP contribution is 2.24. The minimum absolute atomic E-state index is 0.374. The molecule has 124 valence electrons. The number of benzene rings is 1. The predicted molar refractivity (Wildman–Crippen MR) is 91.9 cm³/mol. The van der Waals surface area contributed by atoms with E-state index in [4.69, 9.17) is 0 Å². The Morgan fingerprint density at radius 1 is 1.04 bits per heavy atom. The van der Waals surface area contributed by atoms with Crippen molar-refractivity contribution in [2.75, 3.05) is 55.0 Å². The molecular weight excluding hydrogens is 307 g/mol. The summed E-state index contributed by atoms with van der Waals surface area (Å²) in [6.07, 6.45) is 0. The third-order valence-corrected chi connectivity index (χ3v) is 4.12. The van der Waals surface area contributed by atoms with Gasteiger partial charge in [0.25, 0.3) is 0 Å². The van der Waals surface area contributed by atoms with Crippen molar-refractivity contribution in [1.82, 2.24) is 10.2 Å². The van der Waals surface area contributed by atoms with Gasteiger partial charge in [-0.1, -0.05) is 0 Å². The third-order valence-electron chi connectivity index (χ3n) is 4.12. The first kappa shape index (κ1) is 16.0. The van der Waals surface area contributed by atoms with E-state index in [-0.39, 0.29) is 5.82 Å². The van der Waals surface area contributed by atoms with Crippen LogP contribution < -0.4 is 14.7 Å². The van der Waals surface area contributed by atoms with E-state index in [2.05, 4.69) is 26.1 Å². The van der Waals surface area contributed by atoms with Crippen molar-refractivity contribution in [1.29, 1.82) is 5.26 Å². The van der Waals surface area contributed by atoms with E-state index in [1.807, 2.05) is 31.1 Å². The van der Waals surface area contributed by atoms with Crippen LogP contribution in [0.15, 0.2) is 30.3 Å². The number of hydrogen-bond donors (Lipinski definition) is 0. The monoisotopic (exact) mass is 326 g/mol. The lowest BCUT2D eigenvalue weighted by Crippen LogP contribution is -2.47. The minimum Gasteiger partial charge on any atom is -0.367 e. The molecule has 0 radical (unpaired) electrons. The topological polar surface area (TPSA) is 59.3 Å². The number of anilines is 3. The van der Waals surface area contributed by atoms with Gasteiger partial charge in [-0.15, -0.1) is 10.2 Å². The molecule has 1 aliphatic heterocycles.